The van der Waals surface area contributed by atoms with Gasteiger partial charge in [-0.2, -0.15) is 0 Å². The molecular formula is C8H15OP. The van der Waals surface area contributed by atoms with Crippen LogP contribution in [0, 0.1) is 5.92 Å². The van der Waals surface area contributed by atoms with Crippen molar-refractivity contribution >= 4 is 8.46 Å². The van der Waals surface area contributed by atoms with Gasteiger partial charge in [0.2, 0.25) is 0 Å². The van der Waals surface area contributed by atoms with Gasteiger partial charge in [0.15, 0.2) is 8.46 Å². The zero-order valence-corrected chi connectivity index (χ0v) is 7.44. The van der Waals surface area contributed by atoms with E-state index in [4.69, 9.17) is 0 Å². The lowest BCUT2D eigenvalue weighted by atomic mass is 10.00. The summed E-state index contributed by atoms with van der Waals surface area (Å²) >= 11 is 0. The van der Waals surface area contributed by atoms with E-state index < -0.39 is 0 Å². The van der Waals surface area contributed by atoms with Crippen LogP contribution in [0.25, 0.3) is 0 Å². The zero-order chi connectivity index (χ0) is 7.82. The van der Waals surface area contributed by atoms with E-state index in [0.717, 1.165) is 19.0 Å². The van der Waals surface area contributed by atoms with Crippen LogP contribution in [0.3, 0.4) is 0 Å². The minimum absolute atomic E-state index is 0.280. The summed E-state index contributed by atoms with van der Waals surface area (Å²) in [6, 6.07) is 0. The number of allylic oxidation sites excluding steroid dienone is 1. The molecule has 0 spiro atoms. The van der Waals surface area contributed by atoms with Crippen LogP contribution >= 0.6 is 8.46 Å². The molecule has 2 heteroatoms. The van der Waals surface area contributed by atoms with Crippen LogP contribution in [0.15, 0.2) is 12.7 Å². The maximum Gasteiger partial charge on any atom is 0.155 e. The van der Waals surface area contributed by atoms with Crippen molar-refractivity contribution < 1.29 is 4.57 Å². The van der Waals surface area contributed by atoms with Crippen molar-refractivity contribution in [2.24, 2.45) is 5.92 Å². The molecule has 0 aromatic rings. The highest BCUT2D eigenvalue weighted by molar-refractivity contribution is 7.23. The Bertz CT molecular complexity index is 101. The minimum atomic E-state index is 0.280. The molecule has 0 aliphatic rings. The molecule has 58 valence electrons. The molecule has 0 aromatic heterocycles. The van der Waals surface area contributed by atoms with E-state index in [1.165, 1.54) is 6.42 Å². The number of hydrogen-bond donors (Lipinski definition) is 0. The highest BCUT2D eigenvalue weighted by atomic mass is 31.1. The lowest BCUT2D eigenvalue weighted by Crippen LogP contribution is -1.97. The van der Waals surface area contributed by atoms with Crippen molar-refractivity contribution in [1.82, 2.24) is 0 Å². The van der Waals surface area contributed by atoms with E-state index in [2.05, 4.69) is 13.5 Å². The van der Waals surface area contributed by atoms with Gasteiger partial charge >= 0.3 is 0 Å². The highest BCUT2D eigenvalue weighted by Gasteiger charge is 2.02. The molecule has 1 atom stereocenters. The summed E-state index contributed by atoms with van der Waals surface area (Å²) < 4.78 is 10.1. The van der Waals surface area contributed by atoms with Crippen molar-refractivity contribution in [1.29, 1.82) is 0 Å². The van der Waals surface area contributed by atoms with E-state index in [0.29, 0.717) is 5.92 Å². The molecule has 0 radical (unpaired) electrons. The van der Waals surface area contributed by atoms with Crippen LogP contribution in [0.2, 0.25) is 0 Å². The predicted molar refractivity (Wildman–Crippen MR) is 45.7 cm³/mol. The Hall–Kier alpha value is -0.160. The first-order chi connectivity index (χ1) is 4.85. The van der Waals surface area contributed by atoms with Crippen molar-refractivity contribution in [2.45, 2.75) is 26.2 Å². The van der Waals surface area contributed by atoms with E-state index in [1.54, 1.807) is 0 Å². The fourth-order valence-corrected chi connectivity index (χ4v) is 1.43. The second-order valence-corrected chi connectivity index (χ2v) is 3.15. The molecule has 0 bridgehead atoms. The highest BCUT2D eigenvalue weighted by Crippen LogP contribution is 2.15. The fourth-order valence-electron chi connectivity index (χ4n) is 0.960. The summed E-state index contributed by atoms with van der Waals surface area (Å²) in [5.74, 6) is 0.693. The molecule has 0 saturated heterocycles. The fraction of sp³-hybridized carbons (Fsp3) is 0.750. The van der Waals surface area contributed by atoms with Crippen LogP contribution in [0.4, 0.5) is 0 Å². The van der Waals surface area contributed by atoms with Crippen LogP contribution in [0.5, 0.6) is 0 Å². The number of hydrogen-bond acceptors (Lipinski definition) is 1. The average Bonchev–Trinajstić information content (AvgIpc) is 1.98. The van der Waals surface area contributed by atoms with E-state index in [9.17, 15) is 4.57 Å². The van der Waals surface area contributed by atoms with Crippen LogP contribution in [-0.4, -0.2) is 6.16 Å². The van der Waals surface area contributed by atoms with Crippen molar-refractivity contribution in [3.63, 3.8) is 0 Å². The van der Waals surface area contributed by atoms with E-state index in [-0.39, 0.29) is 8.46 Å². The molecule has 0 saturated carbocycles. The first kappa shape index (κ1) is 9.84. The zero-order valence-electron chi connectivity index (χ0n) is 6.55. The normalized spacial score (nSPS) is 13.3. The summed E-state index contributed by atoms with van der Waals surface area (Å²) in [7, 11) is 0.280. The monoisotopic (exact) mass is 158 g/mol. The lowest BCUT2D eigenvalue weighted by Gasteiger charge is -2.08. The Morgan fingerprint density at radius 2 is 2.40 bits per heavy atom. The molecule has 10 heavy (non-hydrogen) atoms. The van der Waals surface area contributed by atoms with Gasteiger partial charge in [0.25, 0.3) is 0 Å². The molecule has 0 aromatic carbocycles. The van der Waals surface area contributed by atoms with E-state index >= 15 is 0 Å². The van der Waals surface area contributed by atoms with Gasteiger partial charge in [-0.05, 0) is 18.8 Å². The van der Waals surface area contributed by atoms with Gasteiger partial charge in [-0.3, -0.25) is 4.57 Å². The van der Waals surface area contributed by atoms with Crippen molar-refractivity contribution in [2.75, 3.05) is 6.16 Å². The summed E-state index contributed by atoms with van der Waals surface area (Å²) in [5, 5.41) is 0. The van der Waals surface area contributed by atoms with Gasteiger partial charge in [0, 0.05) is 6.16 Å². The third kappa shape index (κ3) is 4.69. The van der Waals surface area contributed by atoms with Crippen LogP contribution in [-0.2, 0) is 4.57 Å². The molecule has 0 aliphatic carbocycles. The second-order valence-electron chi connectivity index (χ2n) is 2.44. The third-order valence-corrected chi connectivity index (χ3v) is 2.15. The van der Waals surface area contributed by atoms with Gasteiger partial charge in [-0.15, -0.1) is 6.58 Å². The Kier molecular flexibility index (Phi) is 6.84. The maximum absolute atomic E-state index is 10.1. The van der Waals surface area contributed by atoms with Gasteiger partial charge < -0.3 is 0 Å². The standard InChI is InChI=1S/C8H15OP/c1-3-5-8(4-2)6-7-10-9/h3,8H,1,4-7H2,2H3. The average molecular weight is 158 g/mol. The Balaban J connectivity index is 3.38. The predicted octanol–water partition coefficient (Wildman–Crippen LogP) is 3.27. The first-order valence-electron chi connectivity index (χ1n) is 3.75. The molecule has 0 amide bonds. The Morgan fingerprint density at radius 1 is 1.70 bits per heavy atom. The quantitative estimate of drug-likeness (QED) is 0.428. The molecule has 0 aliphatic heterocycles. The topological polar surface area (TPSA) is 17.1 Å². The molecule has 1 nitrogen and oxygen atoms in total. The van der Waals surface area contributed by atoms with Crippen LogP contribution < -0.4 is 0 Å². The molecule has 0 N–H and O–H groups in total. The summed E-state index contributed by atoms with van der Waals surface area (Å²) in [6.07, 6.45) is 6.03. The molecule has 0 fully saturated rings. The van der Waals surface area contributed by atoms with Crippen molar-refractivity contribution in [3.8, 4) is 0 Å². The smallest absolute Gasteiger partial charge is 0.155 e. The minimum Gasteiger partial charge on any atom is -0.275 e. The first-order valence-corrected chi connectivity index (χ1v) is 4.74. The number of rotatable bonds is 6. The Labute approximate surface area is 64.7 Å². The lowest BCUT2D eigenvalue weighted by molar-refractivity contribution is 0.499. The van der Waals surface area contributed by atoms with E-state index in [1.807, 2.05) is 6.08 Å². The van der Waals surface area contributed by atoms with Gasteiger partial charge in [-0.25, -0.2) is 0 Å². The second kappa shape index (κ2) is 6.95. The largest absolute Gasteiger partial charge is 0.275 e. The molecule has 0 heterocycles. The molecular weight excluding hydrogens is 143 g/mol. The van der Waals surface area contributed by atoms with Crippen molar-refractivity contribution in [3.05, 3.63) is 12.7 Å². The van der Waals surface area contributed by atoms with Gasteiger partial charge in [-0.1, -0.05) is 19.4 Å². The Morgan fingerprint density at radius 3 is 2.80 bits per heavy atom. The van der Waals surface area contributed by atoms with Gasteiger partial charge in [0.1, 0.15) is 0 Å². The molecule has 0 rings (SSSR count). The third-order valence-electron chi connectivity index (χ3n) is 1.71. The van der Waals surface area contributed by atoms with Crippen LogP contribution in [0.1, 0.15) is 26.2 Å². The summed E-state index contributed by atoms with van der Waals surface area (Å²) in [5.41, 5.74) is 0. The summed E-state index contributed by atoms with van der Waals surface area (Å²) in [6.45, 7) is 5.84. The van der Waals surface area contributed by atoms with Gasteiger partial charge in [0.05, 0.1) is 0 Å². The summed E-state index contributed by atoms with van der Waals surface area (Å²) in [4.78, 5) is 0. The maximum atomic E-state index is 10.1. The molecule has 1 unspecified atom stereocenters. The SMILES string of the molecule is C=CCC(CC)CCP=O.